The zero-order chi connectivity index (χ0) is 9.83. The number of hydrogen-bond donors (Lipinski definition) is 0. The van der Waals surface area contributed by atoms with Crippen LogP contribution in [0.1, 0.15) is 41.5 Å². The molecule has 0 aliphatic rings. The quantitative estimate of drug-likeness (QED) is 0.377. The van der Waals surface area contributed by atoms with E-state index in [-0.39, 0.29) is 10.8 Å². The third-order valence-electron chi connectivity index (χ3n) is 1.01. The van der Waals surface area contributed by atoms with Gasteiger partial charge in [0, 0.05) is 0 Å². The van der Waals surface area contributed by atoms with Gasteiger partial charge in [0.25, 0.3) is 0 Å². The Bertz CT molecular complexity index is 192. The highest BCUT2D eigenvalue weighted by Crippen LogP contribution is 2.14. The van der Waals surface area contributed by atoms with Crippen LogP contribution in [0.4, 0.5) is 0 Å². The molecule has 0 fully saturated rings. The van der Waals surface area contributed by atoms with Crippen molar-refractivity contribution in [1.29, 1.82) is 0 Å². The Kier molecular flexibility index (Phi) is 3.58. The maximum Gasteiger partial charge on any atom is -0.0306 e. The average Bonchev–Trinajstić information content (AvgIpc) is 1.76. The maximum absolute atomic E-state index is 3.10. The van der Waals surface area contributed by atoms with E-state index in [4.69, 9.17) is 0 Å². The standard InChI is InChI=1S/C12H19/c1-11(2,3)9-7-8-10-12(4,5)6/h9H,1-6H3/q-1. The molecule has 0 rings (SSSR count). The van der Waals surface area contributed by atoms with E-state index in [0.717, 1.165) is 0 Å². The first kappa shape index (κ1) is 11.3. The molecule has 0 aromatic rings. The fourth-order valence-corrected chi connectivity index (χ4v) is 0.476. The van der Waals surface area contributed by atoms with Crippen LogP contribution >= 0.6 is 0 Å². The smallest absolute Gasteiger partial charge is 0.0306 e. The molecule has 0 aliphatic carbocycles. The summed E-state index contributed by atoms with van der Waals surface area (Å²) in [4.78, 5) is 0. The lowest BCUT2D eigenvalue weighted by Gasteiger charge is -2.16. The Morgan fingerprint density at radius 2 is 1.50 bits per heavy atom. The lowest BCUT2D eigenvalue weighted by Crippen LogP contribution is -1.98. The molecule has 0 amide bonds. The summed E-state index contributed by atoms with van der Waals surface area (Å²) in [5, 5.41) is 0. The van der Waals surface area contributed by atoms with E-state index in [9.17, 15) is 0 Å². The normalized spacial score (nSPS) is 11.5. The fourth-order valence-electron chi connectivity index (χ4n) is 0.476. The van der Waals surface area contributed by atoms with Crippen LogP contribution < -0.4 is 0 Å². The SMILES string of the molecule is CC(C)(C)[C-]=C=C=CC(C)(C)C. The molecule has 0 bridgehead atoms. The van der Waals surface area contributed by atoms with Crippen LogP contribution in [0.2, 0.25) is 0 Å². The van der Waals surface area contributed by atoms with Crippen LogP contribution in [0.25, 0.3) is 0 Å². The third-order valence-corrected chi connectivity index (χ3v) is 1.01. The van der Waals surface area contributed by atoms with Gasteiger partial charge in [-0.1, -0.05) is 47.0 Å². The van der Waals surface area contributed by atoms with Crippen LogP contribution in [0.15, 0.2) is 17.5 Å². The molecule has 12 heavy (non-hydrogen) atoms. The molecule has 0 saturated carbocycles. The van der Waals surface area contributed by atoms with Gasteiger partial charge in [0.05, 0.1) is 0 Å². The zero-order valence-corrected chi connectivity index (χ0v) is 9.08. The van der Waals surface area contributed by atoms with E-state index in [0.29, 0.717) is 0 Å². The van der Waals surface area contributed by atoms with E-state index < -0.39 is 0 Å². The van der Waals surface area contributed by atoms with Crippen molar-refractivity contribution in [1.82, 2.24) is 0 Å². The van der Waals surface area contributed by atoms with Gasteiger partial charge in [0.2, 0.25) is 0 Å². The third kappa shape index (κ3) is 9.30. The largest absolute Gasteiger partial charge is 0.307 e. The molecule has 0 spiro atoms. The van der Waals surface area contributed by atoms with Crippen molar-refractivity contribution < 1.29 is 0 Å². The monoisotopic (exact) mass is 163 g/mol. The molecule has 0 aliphatic heterocycles. The summed E-state index contributed by atoms with van der Waals surface area (Å²) in [5.74, 6) is 0. The first-order valence-corrected chi connectivity index (χ1v) is 4.33. The van der Waals surface area contributed by atoms with Gasteiger partial charge in [0.1, 0.15) is 0 Å². The van der Waals surface area contributed by atoms with Gasteiger partial charge >= 0.3 is 0 Å². The van der Waals surface area contributed by atoms with Gasteiger partial charge in [-0.2, -0.15) is 0 Å². The predicted octanol–water partition coefficient (Wildman–Crippen LogP) is 3.75. The van der Waals surface area contributed by atoms with Gasteiger partial charge in [-0.3, -0.25) is 0 Å². The Balaban J connectivity index is 4.45. The van der Waals surface area contributed by atoms with E-state index in [1.807, 2.05) is 6.08 Å². The van der Waals surface area contributed by atoms with Crippen molar-refractivity contribution >= 4 is 0 Å². The summed E-state index contributed by atoms with van der Waals surface area (Å²) in [6.45, 7) is 12.7. The highest BCUT2D eigenvalue weighted by molar-refractivity contribution is 4.93. The molecule has 0 N–H and O–H groups in total. The molecular formula is C12H19-. The number of hydrogen-bond acceptors (Lipinski definition) is 0. The minimum atomic E-state index is 0.0821. The van der Waals surface area contributed by atoms with Gasteiger partial charge in [-0.25, -0.2) is 6.08 Å². The van der Waals surface area contributed by atoms with E-state index in [2.05, 4.69) is 59.1 Å². The molecular weight excluding hydrogens is 144 g/mol. The summed E-state index contributed by atoms with van der Waals surface area (Å²) < 4.78 is 0. The molecule has 0 aromatic heterocycles. The number of rotatable bonds is 0. The first-order chi connectivity index (χ1) is 5.21. The van der Waals surface area contributed by atoms with Gasteiger partial charge in [0.15, 0.2) is 0 Å². The minimum absolute atomic E-state index is 0.0821. The fraction of sp³-hybridized carbons (Fsp3) is 0.667. The van der Waals surface area contributed by atoms with Crippen molar-refractivity contribution in [2.24, 2.45) is 10.8 Å². The summed E-state index contributed by atoms with van der Waals surface area (Å²) >= 11 is 0. The Morgan fingerprint density at radius 1 is 1.00 bits per heavy atom. The minimum Gasteiger partial charge on any atom is -0.307 e. The molecule has 0 nitrogen and oxygen atoms in total. The van der Waals surface area contributed by atoms with E-state index >= 15 is 0 Å². The molecule has 0 atom stereocenters. The average molecular weight is 163 g/mol. The molecule has 0 saturated heterocycles. The predicted molar refractivity (Wildman–Crippen MR) is 53.7 cm³/mol. The highest BCUT2D eigenvalue weighted by Gasteiger charge is 1.99. The van der Waals surface area contributed by atoms with Crippen LogP contribution in [-0.2, 0) is 0 Å². The van der Waals surface area contributed by atoms with Crippen molar-refractivity contribution in [3.05, 3.63) is 23.6 Å². The van der Waals surface area contributed by atoms with Crippen LogP contribution in [-0.4, -0.2) is 0 Å². The van der Waals surface area contributed by atoms with Gasteiger partial charge < -0.3 is 11.5 Å². The lowest BCUT2D eigenvalue weighted by atomic mass is 9.96. The van der Waals surface area contributed by atoms with Crippen LogP contribution in [0.3, 0.4) is 0 Å². The molecule has 0 radical (unpaired) electrons. The summed E-state index contributed by atoms with van der Waals surface area (Å²) in [6.07, 6.45) is 5.11. The molecule has 0 heteroatoms. The highest BCUT2D eigenvalue weighted by atomic mass is 14.1. The Morgan fingerprint density at radius 3 is 1.83 bits per heavy atom. The molecule has 0 heterocycles. The first-order valence-electron chi connectivity index (χ1n) is 4.33. The Hall–Kier alpha value is -0.700. The second-order valence-electron chi connectivity index (χ2n) is 5.15. The van der Waals surface area contributed by atoms with E-state index in [1.165, 1.54) is 0 Å². The summed E-state index contributed by atoms with van der Waals surface area (Å²) in [5.41, 5.74) is 6.19. The van der Waals surface area contributed by atoms with Crippen molar-refractivity contribution in [2.75, 3.05) is 0 Å². The molecule has 68 valence electrons. The summed E-state index contributed by atoms with van der Waals surface area (Å²) in [6, 6.07) is 0. The van der Waals surface area contributed by atoms with Crippen LogP contribution in [0.5, 0.6) is 0 Å². The zero-order valence-electron chi connectivity index (χ0n) is 9.08. The lowest BCUT2D eigenvalue weighted by molar-refractivity contribution is 0.525. The van der Waals surface area contributed by atoms with Gasteiger partial charge in [-0.05, 0) is 5.41 Å². The topological polar surface area (TPSA) is 0 Å². The van der Waals surface area contributed by atoms with Crippen molar-refractivity contribution in [3.8, 4) is 0 Å². The van der Waals surface area contributed by atoms with Crippen molar-refractivity contribution in [3.63, 3.8) is 0 Å². The second kappa shape index (κ2) is 3.81. The molecule has 0 unspecified atom stereocenters. The van der Waals surface area contributed by atoms with Crippen molar-refractivity contribution in [2.45, 2.75) is 41.5 Å². The van der Waals surface area contributed by atoms with Gasteiger partial charge in [-0.15, -0.1) is 6.08 Å². The Labute approximate surface area is 76.7 Å². The maximum atomic E-state index is 3.10. The molecule has 0 aromatic carbocycles. The van der Waals surface area contributed by atoms with E-state index in [1.54, 1.807) is 0 Å². The number of allylic oxidation sites excluding steroid dienone is 2. The second-order valence-corrected chi connectivity index (χ2v) is 5.15. The van der Waals surface area contributed by atoms with Crippen LogP contribution in [0, 0.1) is 16.9 Å². The summed E-state index contributed by atoms with van der Waals surface area (Å²) in [7, 11) is 0.